The minimum atomic E-state index is -4.00. The molecule has 1 aliphatic carbocycles. The van der Waals surface area contributed by atoms with Gasteiger partial charge < -0.3 is 0 Å². The zero-order valence-electron chi connectivity index (χ0n) is 11.4. The van der Waals surface area contributed by atoms with Crippen molar-refractivity contribution in [1.29, 1.82) is 5.26 Å². The van der Waals surface area contributed by atoms with Gasteiger partial charge in [0.2, 0.25) is 0 Å². The van der Waals surface area contributed by atoms with Crippen LogP contribution < -0.4 is 0 Å². The Morgan fingerprint density at radius 1 is 1.33 bits per heavy atom. The van der Waals surface area contributed by atoms with Crippen LogP contribution in [0, 0.1) is 24.2 Å². The minimum absolute atomic E-state index is 0.00761. The molecule has 0 saturated heterocycles. The molecule has 0 amide bonds. The summed E-state index contributed by atoms with van der Waals surface area (Å²) >= 11 is 0. The number of hydrogen-bond donors (Lipinski definition) is 0. The third-order valence-electron chi connectivity index (χ3n) is 2.99. The molecule has 1 unspecified atom stereocenters. The molecule has 108 valence electrons. The molecule has 0 saturated carbocycles. The molecule has 0 fully saturated rings. The van der Waals surface area contributed by atoms with E-state index in [4.69, 9.17) is 5.26 Å². The lowest BCUT2D eigenvalue weighted by atomic mass is 9.96. The Kier molecular flexibility index (Phi) is 4.55. The van der Waals surface area contributed by atoms with Crippen LogP contribution in [0.2, 0.25) is 0 Å². The first kappa shape index (κ1) is 15.0. The second-order valence-corrected chi connectivity index (χ2v) is 6.11. The average Bonchev–Trinajstić information content (AvgIpc) is 2.49. The van der Waals surface area contributed by atoms with Crippen molar-refractivity contribution in [2.24, 2.45) is 11.1 Å². The Hall–Kier alpha value is -2.39. The number of rotatable bonds is 4. The van der Waals surface area contributed by atoms with Gasteiger partial charge in [0.05, 0.1) is 0 Å². The first-order valence-electron chi connectivity index (χ1n) is 6.34. The molecule has 1 aliphatic rings. The SMILES string of the molecule is Cc1ccc(S(=O)(=O)O/N=C(\C#N)C2C=CC=CC2)cc1. The van der Waals surface area contributed by atoms with Gasteiger partial charge in [0.1, 0.15) is 11.0 Å². The minimum Gasteiger partial charge on any atom is -0.264 e. The zero-order valence-corrected chi connectivity index (χ0v) is 12.2. The van der Waals surface area contributed by atoms with Crippen LogP contribution in [0.15, 0.2) is 58.6 Å². The lowest BCUT2D eigenvalue weighted by Gasteiger charge is -2.09. The lowest BCUT2D eigenvalue weighted by molar-refractivity contribution is 0.337. The van der Waals surface area contributed by atoms with Gasteiger partial charge in [-0.2, -0.15) is 13.7 Å². The topological polar surface area (TPSA) is 79.5 Å². The Bertz CT molecular complexity index is 738. The molecule has 1 aromatic carbocycles. The lowest BCUT2D eigenvalue weighted by Crippen LogP contribution is -2.13. The second kappa shape index (κ2) is 6.37. The van der Waals surface area contributed by atoms with E-state index in [1.165, 1.54) is 12.1 Å². The number of aryl methyl sites for hydroxylation is 1. The van der Waals surface area contributed by atoms with E-state index < -0.39 is 10.1 Å². The van der Waals surface area contributed by atoms with Crippen molar-refractivity contribution in [3.63, 3.8) is 0 Å². The summed E-state index contributed by atoms with van der Waals surface area (Å²) in [5.41, 5.74) is 0.973. The standard InChI is InChI=1S/C15H14N2O3S/c1-12-7-9-14(10-8-12)21(18,19)20-17-15(11-16)13-5-3-2-4-6-13/h2-5,7-10,13H,6H2,1H3/b17-15+. The van der Waals surface area contributed by atoms with Gasteiger partial charge in [0.25, 0.3) is 0 Å². The first-order valence-corrected chi connectivity index (χ1v) is 7.75. The first-order chi connectivity index (χ1) is 10.0. The van der Waals surface area contributed by atoms with Crippen LogP contribution in [-0.2, 0) is 14.4 Å². The number of hydrogen-bond acceptors (Lipinski definition) is 5. The van der Waals surface area contributed by atoms with E-state index in [1.807, 2.05) is 25.1 Å². The molecule has 5 nitrogen and oxygen atoms in total. The van der Waals surface area contributed by atoms with Crippen LogP contribution in [-0.4, -0.2) is 14.1 Å². The van der Waals surface area contributed by atoms with Gasteiger partial charge in [0, 0.05) is 5.92 Å². The Morgan fingerprint density at radius 3 is 2.62 bits per heavy atom. The van der Waals surface area contributed by atoms with Crippen LogP contribution >= 0.6 is 0 Å². The van der Waals surface area contributed by atoms with Crippen LogP contribution in [0.4, 0.5) is 0 Å². The quantitative estimate of drug-likeness (QED) is 0.632. The monoisotopic (exact) mass is 302 g/mol. The van der Waals surface area contributed by atoms with E-state index in [0.29, 0.717) is 6.42 Å². The van der Waals surface area contributed by atoms with Crippen molar-refractivity contribution in [3.8, 4) is 6.07 Å². The predicted molar refractivity (Wildman–Crippen MR) is 78.9 cm³/mol. The smallest absolute Gasteiger partial charge is 0.264 e. The Balaban J connectivity index is 2.18. The maximum atomic E-state index is 12.0. The molecule has 21 heavy (non-hydrogen) atoms. The fourth-order valence-electron chi connectivity index (χ4n) is 1.79. The molecule has 0 bridgehead atoms. The Morgan fingerprint density at radius 2 is 2.05 bits per heavy atom. The predicted octanol–water partition coefficient (Wildman–Crippen LogP) is 2.71. The van der Waals surface area contributed by atoms with E-state index in [-0.39, 0.29) is 16.5 Å². The fraction of sp³-hybridized carbons (Fsp3) is 0.200. The van der Waals surface area contributed by atoms with Gasteiger partial charge in [-0.25, -0.2) is 0 Å². The van der Waals surface area contributed by atoms with Crippen molar-refractivity contribution < 1.29 is 12.7 Å². The van der Waals surface area contributed by atoms with E-state index in [0.717, 1.165) is 5.56 Å². The zero-order chi connectivity index (χ0) is 15.3. The van der Waals surface area contributed by atoms with Crippen molar-refractivity contribution in [2.45, 2.75) is 18.2 Å². The van der Waals surface area contributed by atoms with Crippen LogP contribution in [0.25, 0.3) is 0 Å². The highest BCUT2D eigenvalue weighted by molar-refractivity contribution is 7.86. The number of benzene rings is 1. The molecule has 0 aromatic heterocycles. The molecule has 2 rings (SSSR count). The number of oxime groups is 1. The molecular weight excluding hydrogens is 288 g/mol. The maximum absolute atomic E-state index is 12.0. The van der Waals surface area contributed by atoms with Gasteiger partial charge in [-0.1, -0.05) is 47.2 Å². The molecule has 0 radical (unpaired) electrons. The summed E-state index contributed by atoms with van der Waals surface area (Å²) in [4.78, 5) is 0.00761. The van der Waals surface area contributed by atoms with Crippen molar-refractivity contribution in [3.05, 3.63) is 54.1 Å². The normalized spacial score (nSPS) is 18.3. The number of nitriles is 1. The summed E-state index contributed by atoms with van der Waals surface area (Å²) in [6.45, 7) is 1.85. The van der Waals surface area contributed by atoms with Crippen LogP contribution in [0.3, 0.4) is 0 Å². The summed E-state index contributed by atoms with van der Waals surface area (Å²) in [6.07, 6.45) is 7.90. The van der Waals surface area contributed by atoms with E-state index in [9.17, 15) is 8.42 Å². The van der Waals surface area contributed by atoms with Gasteiger partial charge in [-0.15, -0.1) is 0 Å². The highest BCUT2D eigenvalue weighted by Gasteiger charge is 2.19. The molecule has 6 heteroatoms. The third-order valence-corrected chi connectivity index (χ3v) is 4.11. The summed E-state index contributed by atoms with van der Waals surface area (Å²) < 4.78 is 28.6. The number of nitrogens with zero attached hydrogens (tertiary/aromatic N) is 2. The molecule has 0 aliphatic heterocycles. The van der Waals surface area contributed by atoms with Crippen molar-refractivity contribution >= 4 is 15.8 Å². The maximum Gasteiger partial charge on any atom is 0.358 e. The second-order valence-electron chi connectivity index (χ2n) is 4.59. The molecule has 0 spiro atoms. The average molecular weight is 302 g/mol. The summed E-state index contributed by atoms with van der Waals surface area (Å²) in [5.74, 6) is -0.256. The highest BCUT2D eigenvalue weighted by Crippen LogP contribution is 2.17. The summed E-state index contributed by atoms with van der Waals surface area (Å²) in [6, 6.07) is 8.09. The molecule has 1 aromatic rings. The number of allylic oxidation sites excluding steroid dienone is 4. The van der Waals surface area contributed by atoms with Gasteiger partial charge in [-0.3, -0.25) is 4.28 Å². The van der Waals surface area contributed by atoms with Crippen molar-refractivity contribution in [2.75, 3.05) is 0 Å². The Labute approximate surface area is 124 Å². The van der Waals surface area contributed by atoms with Gasteiger partial charge >= 0.3 is 10.1 Å². The van der Waals surface area contributed by atoms with E-state index in [2.05, 4.69) is 9.44 Å². The van der Waals surface area contributed by atoms with Gasteiger partial charge in [0.15, 0.2) is 5.71 Å². The molecular formula is C15H14N2O3S. The largest absolute Gasteiger partial charge is 0.358 e. The fourth-order valence-corrected chi connectivity index (χ4v) is 2.53. The highest BCUT2D eigenvalue weighted by atomic mass is 32.2. The van der Waals surface area contributed by atoms with Gasteiger partial charge in [-0.05, 0) is 25.5 Å². The van der Waals surface area contributed by atoms with Crippen molar-refractivity contribution in [1.82, 2.24) is 0 Å². The summed E-state index contributed by atoms with van der Waals surface area (Å²) in [7, 11) is -4.00. The third kappa shape index (κ3) is 3.80. The molecule has 1 atom stereocenters. The van der Waals surface area contributed by atoms with E-state index >= 15 is 0 Å². The summed E-state index contributed by atoms with van der Waals surface area (Å²) in [5, 5.41) is 12.6. The molecule has 0 N–H and O–H groups in total. The molecule has 0 heterocycles. The van der Waals surface area contributed by atoms with Crippen LogP contribution in [0.1, 0.15) is 12.0 Å². The van der Waals surface area contributed by atoms with Crippen LogP contribution in [0.5, 0.6) is 0 Å². The van der Waals surface area contributed by atoms with E-state index in [1.54, 1.807) is 24.3 Å².